The largest absolute Gasteiger partial charge is 0.311 e. The van der Waals surface area contributed by atoms with Crippen molar-refractivity contribution in [2.24, 2.45) is 5.92 Å². The SMILES string of the molecule is O=C1CC(CCl)CN1c1ccc(F)c(F)c1Br. The first-order chi connectivity index (χ1) is 8.04. The number of rotatable bonds is 2. The van der Waals surface area contributed by atoms with Crippen molar-refractivity contribution in [1.82, 2.24) is 0 Å². The van der Waals surface area contributed by atoms with Crippen LogP contribution in [0.15, 0.2) is 16.6 Å². The lowest BCUT2D eigenvalue weighted by molar-refractivity contribution is -0.117. The van der Waals surface area contributed by atoms with Gasteiger partial charge >= 0.3 is 0 Å². The Kier molecular flexibility index (Phi) is 3.68. The highest BCUT2D eigenvalue weighted by Crippen LogP contribution is 2.34. The van der Waals surface area contributed by atoms with Crippen molar-refractivity contribution < 1.29 is 13.6 Å². The van der Waals surface area contributed by atoms with Gasteiger partial charge in [0.25, 0.3) is 0 Å². The topological polar surface area (TPSA) is 20.3 Å². The van der Waals surface area contributed by atoms with Crippen molar-refractivity contribution in [3.63, 3.8) is 0 Å². The fourth-order valence-corrected chi connectivity index (χ4v) is 2.58. The molecule has 6 heteroatoms. The van der Waals surface area contributed by atoms with Gasteiger partial charge < -0.3 is 4.90 Å². The lowest BCUT2D eigenvalue weighted by atomic mass is 10.1. The number of nitrogens with zero attached hydrogens (tertiary/aromatic N) is 1. The van der Waals surface area contributed by atoms with Crippen LogP contribution in [-0.4, -0.2) is 18.3 Å². The molecule has 1 aliphatic heterocycles. The van der Waals surface area contributed by atoms with E-state index in [0.29, 0.717) is 24.5 Å². The molecule has 92 valence electrons. The molecule has 1 fully saturated rings. The Labute approximate surface area is 111 Å². The molecular weight excluding hydrogens is 315 g/mol. The van der Waals surface area contributed by atoms with Crippen LogP contribution in [0.2, 0.25) is 0 Å². The van der Waals surface area contributed by atoms with Crippen LogP contribution >= 0.6 is 27.5 Å². The van der Waals surface area contributed by atoms with Gasteiger partial charge in [-0.1, -0.05) is 0 Å². The van der Waals surface area contributed by atoms with E-state index in [0.717, 1.165) is 6.07 Å². The van der Waals surface area contributed by atoms with Crippen molar-refractivity contribution in [2.75, 3.05) is 17.3 Å². The summed E-state index contributed by atoms with van der Waals surface area (Å²) in [6.45, 7) is 0.437. The maximum Gasteiger partial charge on any atom is 0.227 e. The molecule has 1 heterocycles. The van der Waals surface area contributed by atoms with Crippen LogP contribution in [-0.2, 0) is 4.79 Å². The second-order valence-electron chi connectivity index (χ2n) is 3.92. The lowest BCUT2D eigenvalue weighted by Gasteiger charge is -2.18. The highest BCUT2D eigenvalue weighted by Gasteiger charge is 2.31. The molecule has 1 aliphatic rings. The zero-order valence-corrected chi connectivity index (χ0v) is 11.1. The molecule has 1 amide bonds. The molecule has 1 aromatic carbocycles. The number of carbonyl (C=O) groups is 1. The smallest absolute Gasteiger partial charge is 0.227 e. The molecule has 1 aromatic rings. The first-order valence-corrected chi connectivity index (χ1v) is 6.37. The first kappa shape index (κ1) is 12.8. The summed E-state index contributed by atoms with van der Waals surface area (Å²) in [6.07, 6.45) is 0.342. The summed E-state index contributed by atoms with van der Waals surface area (Å²) < 4.78 is 26.3. The van der Waals surface area contributed by atoms with Gasteiger partial charge in [-0.05, 0) is 34.0 Å². The van der Waals surface area contributed by atoms with Crippen molar-refractivity contribution >= 4 is 39.1 Å². The van der Waals surface area contributed by atoms with Gasteiger partial charge in [-0.3, -0.25) is 4.79 Å². The van der Waals surface area contributed by atoms with Crippen LogP contribution in [0.1, 0.15) is 6.42 Å². The zero-order chi connectivity index (χ0) is 12.6. The maximum atomic E-state index is 13.4. The minimum atomic E-state index is -0.982. The van der Waals surface area contributed by atoms with Crippen LogP contribution < -0.4 is 4.90 Å². The van der Waals surface area contributed by atoms with Crippen LogP contribution in [0.3, 0.4) is 0 Å². The minimum absolute atomic E-state index is 0.0268. The number of hydrogen-bond acceptors (Lipinski definition) is 1. The Balaban J connectivity index is 2.35. The van der Waals surface area contributed by atoms with E-state index >= 15 is 0 Å². The van der Waals surface area contributed by atoms with E-state index in [1.54, 1.807) is 0 Å². The average Bonchev–Trinajstić information content (AvgIpc) is 2.68. The van der Waals surface area contributed by atoms with Crippen LogP contribution in [0.4, 0.5) is 14.5 Å². The van der Waals surface area contributed by atoms with Gasteiger partial charge in [0.2, 0.25) is 5.91 Å². The average molecular weight is 325 g/mol. The van der Waals surface area contributed by atoms with E-state index in [1.165, 1.54) is 11.0 Å². The molecule has 0 N–H and O–H groups in total. The third kappa shape index (κ3) is 2.31. The standard InChI is InChI=1S/C11H9BrClF2NO/c12-10-8(2-1-7(14)11(10)15)16-5-6(4-13)3-9(16)17/h1-2,6H,3-5H2. The third-order valence-electron chi connectivity index (χ3n) is 2.73. The summed E-state index contributed by atoms with van der Waals surface area (Å²) in [5.74, 6) is -1.61. The van der Waals surface area contributed by atoms with Gasteiger partial charge in [0, 0.05) is 18.8 Å². The van der Waals surface area contributed by atoms with Gasteiger partial charge in [0.1, 0.15) is 0 Å². The molecule has 1 unspecified atom stereocenters. The Morgan fingerprint density at radius 2 is 2.18 bits per heavy atom. The van der Waals surface area contributed by atoms with E-state index in [9.17, 15) is 13.6 Å². The van der Waals surface area contributed by atoms with E-state index in [-0.39, 0.29) is 16.3 Å². The summed E-state index contributed by atoms with van der Waals surface area (Å²) in [4.78, 5) is 13.2. The summed E-state index contributed by atoms with van der Waals surface area (Å²) in [5, 5.41) is 0. The number of alkyl halides is 1. The summed E-state index contributed by atoms with van der Waals surface area (Å²) in [7, 11) is 0. The molecule has 1 atom stereocenters. The maximum absolute atomic E-state index is 13.4. The molecular formula is C11H9BrClF2NO. The molecule has 2 rings (SSSR count). The second-order valence-corrected chi connectivity index (χ2v) is 5.02. The van der Waals surface area contributed by atoms with Gasteiger partial charge in [-0.15, -0.1) is 11.6 Å². The first-order valence-electron chi connectivity index (χ1n) is 5.04. The predicted octanol–water partition coefficient (Wildman–Crippen LogP) is 3.32. The zero-order valence-electron chi connectivity index (χ0n) is 8.72. The highest BCUT2D eigenvalue weighted by atomic mass is 79.9. The van der Waals surface area contributed by atoms with Crippen molar-refractivity contribution in [1.29, 1.82) is 0 Å². The van der Waals surface area contributed by atoms with Crippen molar-refractivity contribution in [2.45, 2.75) is 6.42 Å². The van der Waals surface area contributed by atoms with E-state index in [2.05, 4.69) is 15.9 Å². The number of carbonyl (C=O) groups excluding carboxylic acids is 1. The molecule has 0 aromatic heterocycles. The predicted molar refractivity (Wildman–Crippen MR) is 65.2 cm³/mol. The molecule has 2 nitrogen and oxygen atoms in total. The number of anilines is 1. The Morgan fingerprint density at radius 3 is 2.76 bits per heavy atom. The molecule has 0 bridgehead atoms. The number of hydrogen-bond donors (Lipinski definition) is 0. The normalized spacial score (nSPS) is 20.1. The molecule has 1 saturated heterocycles. The van der Waals surface area contributed by atoms with E-state index in [1.807, 2.05) is 0 Å². The minimum Gasteiger partial charge on any atom is -0.311 e. The van der Waals surface area contributed by atoms with Gasteiger partial charge in [-0.25, -0.2) is 8.78 Å². The highest BCUT2D eigenvalue weighted by molar-refractivity contribution is 9.10. The van der Waals surface area contributed by atoms with Gasteiger partial charge in [0.05, 0.1) is 10.2 Å². The molecule has 0 aliphatic carbocycles. The summed E-state index contributed by atoms with van der Waals surface area (Å²) in [6, 6.07) is 2.40. The summed E-state index contributed by atoms with van der Waals surface area (Å²) in [5.41, 5.74) is 0.349. The molecule has 0 radical (unpaired) electrons. The third-order valence-corrected chi connectivity index (χ3v) is 3.92. The molecule has 0 spiro atoms. The van der Waals surface area contributed by atoms with Crippen molar-refractivity contribution in [3.8, 4) is 0 Å². The fourth-order valence-electron chi connectivity index (χ4n) is 1.84. The van der Waals surface area contributed by atoms with Gasteiger partial charge in [-0.2, -0.15) is 0 Å². The number of benzene rings is 1. The molecule has 17 heavy (non-hydrogen) atoms. The summed E-state index contributed by atoms with van der Waals surface area (Å²) >= 11 is 8.67. The lowest BCUT2D eigenvalue weighted by Crippen LogP contribution is -2.25. The van der Waals surface area contributed by atoms with Crippen molar-refractivity contribution in [3.05, 3.63) is 28.2 Å². The van der Waals surface area contributed by atoms with Gasteiger partial charge in [0.15, 0.2) is 11.6 Å². The Morgan fingerprint density at radius 1 is 1.47 bits per heavy atom. The fraction of sp³-hybridized carbons (Fsp3) is 0.364. The second kappa shape index (κ2) is 4.90. The molecule has 0 saturated carbocycles. The van der Waals surface area contributed by atoms with Crippen LogP contribution in [0.25, 0.3) is 0 Å². The van der Waals surface area contributed by atoms with E-state index < -0.39 is 11.6 Å². The number of amides is 1. The van der Waals surface area contributed by atoms with Crippen LogP contribution in [0, 0.1) is 17.6 Å². The number of halogens is 4. The van der Waals surface area contributed by atoms with E-state index in [4.69, 9.17) is 11.6 Å². The Bertz CT molecular complexity index is 469. The Hall–Kier alpha value is -0.680. The van der Waals surface area contributed by atoms with Crippen LogP contribution in [0.5, 0.6) is 0 Å². The quantitative estimate of drug-likeness (QED) is 0.604. The monoisotopic (exact) mass is 323 g/mol.